The van der Waals surface area contributed by atoms with Gasteiger partial charge in [0, 0.05) is 20.1 Å². The van der Waals surface area contributed by atoms with Gasteiger partial charge in [-0.05, 0) is 6.92 Å². The number of hydrogen-bond acceptors (Lipinski definition) is 3. The van der Waals surface area contributed by atoms with Gasteiger partial charge in [0.25, 0.3) is 0 Å². The summed E-state index contributed by atoms with van der Waals surface area (Å²) in [6.07, 6.45) is 0. The van der Waals surface area contributed by atoms with Crippen LogP contribution >= 0.6 is 0 Å². The summed E-state index contributed by atoms with van der Waals surface area (Å²) >= 11 is 0. The average Bonchev–Trinajstić information content (AvgIpc) is 2.03. The minimum Gasteiger partial charge on any atom is -0.370 e. The molecule has 4 nitrogen and oxygen atoms in total. The van der Waals surface area contributed by atoms with Crippen molar-refractivity contribution < 1.29 is 9.53 Å². The Morgan fingerprint density at radius 2 is 2.27 bits per heavy atom. The first kappa shape index (κ1) is 10.4. The third-order valence-electron chi connectivity index (χ3n) is 1.39. The average molecular weight is 160 g/mol. The molecule has 0 aliphatic rings. The molecule has 0 aromatic rings. The molecule has 4 heteroatoms. The number of hydrogen-bond donors (Lipinski definition) is 1. The highest BCUT2D eigenvalue weighted by atomic mass is 16.5. The lowest BCUT2D eigenvalue weighted by Gasteiger charge is -2.13. The van der Waals surface area contributed by atoms with Crippen molar-refractivity contribution in [2.75, 3.05) is 33.4 Å². The SMILES string of the molecule is CCN(C)C(=O)COCCN. The molecule has 0 saturated heterocycles. The van der Waals surface area contributed by atoms with E-state index < -0.39 is 0 Å². The summed E-state index contributed by atoms with van der Waals surface area (Å²) in [5.74, 6) is 0.000880. The van der Waals surface area contributed by atoms with Crippen molar-refractivity contribution in [1.29, 1.82) is 0 Å². The number of nitrogens with two attached hydrogens (primary N) is 1. The lowest BCUT2D eigenvalue weighted by Crippen LogP contribution is -2.30. The van der Waals surface area contributed by atoms with Crippen molar-refractivity contribution in [2.24, 2.45) is 5.73 Å². The molecule has 0 bridgehead atoms. The van der Waals surface area contributed by atoms with Crippen LogP contribution < -0.4 is 5.73 Å². The summed E-state index contributed by atoms with van der Waals surface area (Å²) in [6, 6.07) is 0. The van der Waals surface area contributed by atoms with E-state index in [0.29, 0.717) is 19.7 Å². The van der Waals surface area contributed by atoms with Crippen LogP contribution in [0.2, 0.25) is 0 Å². The fourth-order valence-corrected chi connectivity index (χ4v) is 0.529. The number of carbonyl (C=O) groups is 1. The summed E-state index contributed by atoms with van der Waals surface area (Å²) in [6.45, 7) is 3.68. The minimum atomic E-state index is 0.000880. The summed E-state index contributed by atoms with van der Waals surface area (Å²) in [7, 11) is 1.74. The van der Waals surface area contributed by atoms with Gasteiger partial charge < -0.3 is 15.4 Å². The van der Waals surface area contributed by atoms with Crippen LogP contribution in [-0.4, -0.2) is 44.2 Å². The Balaban J connectivity index is 3.36. The van der Waals surface area contributed by atoms with E-state index in [1.54, 1.807) is 11.9 Å². The number of nitrogens with zero attached hydrogens (tertiary/aromatic N) is 1. The predicted octanol–water partition coefficient (Wildman–Crippen LogP) is -0.560. The Bertz CT molecular complexity index is 117. The summed E-state index contributed by atoms with van der Waals surface area (Å²) < 4.78 is 4.95. The zero-order valence-electron chi connectivity index (χ0n) is 7.17. The molecule has 0 fully saturated rings. The third-order valence-corrected chi connectivity index (χ3v) is 1.39. The standard InChI is InChI=1S/C7H16N2O2/c1-3-9(2)7(10)6-11-5-4-8/h3-6,8H2,1-2H3. The maximum Gasteiger partial charge on any atom is 0.248 e. The molecule has 0 spiro atoms. The van der Waals surface area contributed by atoms with E-state index in [1.165, 1.54) is 0 Å². The Hall–Kier alpha value is -0.610. The van der Waals surface area contributed by atoms with E-state index in [1.807, 2.05) is 6.92 Å². The van der Waals surface area contributed by atoms with Crippen molar-refractivity contribution in [1.82, 2.24) is 4.90 Å². The fraction of sp³-hybridized carbons (Fsp3) is 0.857. The largest absolute Gasteiger partial charge is 0.370 e. The van der Waals surface area contributed by atoms with Gasteiger partial charge in [-0.25, -0.2) is 0 Å². The molecular formula is C7H16N2O2. The Labute approximate surface area is 67.3 Å². The lowest BCUT2D eigenvalue weighted by molar-refractivity contribution is -0.134. The highest BCUT2D eigenvalue weighted by Crippen LogP contribution is 1.84. The van der Waals surface area contributed by atoms with Crippen LogP contribution in [0.3, 0.4) is 0 Å². The van der Waals surface area contributed by atoms with Crippen LogP contribution in [0.15, 0.2) is 0 Å². The Morgan fingerprint density at radius 1 is 1.64 bits per heavy atom. The molecule has 66 valence electrons. The van der Waals surface area contributed by atoms with Gasteiger partial charge in [0.1, 0.15) is 6.61 Å². The number of rotatable bonds is 5. The van der Waals surface area contributed by atoms with Gasteiger partial charge in [-0.2, -0.15) is 0 Å². The third kappa shape index (κ3) is 4.75. The van der Waals surface area contributed by atoms with Crippen molar-refractivity contribution in [3.05, 3.63) is 0 Å². The molecule has 2 N–H and O–H groups in total. The molecule has 0 unspecified atom stereocenters. The van der Waals surface area contributed by atoms with Crippen molar-refractivity contribution in [2.45, 2.75) is 6.92 Å². The zero-order chi connectivity index (χ0) is 8.69. The maximum atomic E-state index is 11.0. The Kier molecular flexibility index (Phi) is 5.78. The van der Waals surface area contributed by atoms with E-state index >= 15 is 0 Å². The van der Waals surface area contributed by atoms with Gasteiger partial charge in [0.05, 0.1) is 6.61 Å². The van der Waals surface area contributed by atoms with Gasteiger partial charge >= 0.3 is 0 Å². The molecule has 0 heterocycles. The molecule has 0 radical (unpaired) electrons. The predicted molar refractivity (Wildman–Crippen MR) is 43.2 cm³/mol. The topological polar surface area (TPSA) is 55.6 Å². The van der Waals surface area contributed by atoms with E-state index in [-0.39, 0.29) is 12.5 Å². The van der Waals surface area contributed by atoms with Gasteiger partial charge in [-0.3, -0.25) is 4.79 Å². The highest BCUT2D eigenvalue weighted by molar-refractivity contribution is 5.77. The summed E-state index contributed by atoms with van der Waals surface area (Å²) in [5, 5.41) is 0. The monoisotopic (exact) mass is 160 g/mol. The van der Waals surface area contributed by atoms with Crippen LogP contribution in [0.5, 0.6) is 0 Å². The molecule has 0 aromatic carbocycles. The molecule has 0 aliphatic heterocycles. The van der Waals surface area contributed by atoms with Crippen LogP contribution in [0, 0.1) is 0 Å². The van der Waals surface area contributed by atoms with Gasteiger partial charge in [0.2, 0.25) is 5.91 Å². The number of carbonyl (C=O) groups excluding carboxylic acids is 1. The van der Waals surface area contributed by atoms with Crippen LogP contribution in [0.1, 0.15) is 6.92 Å². The molecule has 0 aliphatic carbocycles. The summed E-state index contributed by atoms with van der Waals surface area (Å²) in [4.78, 5) is 12.6. The first-order valence-corrected chi connectivity index (χ1v) is 3.74. The molecular weight excluding hydrogens is 144 g/mol. The fourth-order valence-electron chi connectivity index (χ4n) is 0.529. The van der Waals surface area contributed by atoms with Gasteiger partial charge in [-0.15, -0.1) is 0 Å². The molecule has 0 rings (SSSR count). The molecule has 0 aromatic heterocycles. The number of ether oxygens (including phenoxy) is 1. The molecule has 0 atom stereocenters. The summed E-state index contributed by atoms with van der Waals surface area (Å²) in [5.41, 5.74) is 5.17. The molecule has 1 amide bonds. The maximum absolute atomic E-state index is 11.0. The highest BCUT2D eigenvalue weighted by Gasteiger charge is 2.04. The normalized spacial score (nSPS) is 9.73. The smallest absolute Gasteiger partial charge is 0.248 e. The number of amides is 1. The lowest BCUT2D eigenvalue weighted by atomic mass is 10.5. The van der Waals surface area contributed by atoms with E-state index in [0.717, 1.165) is 0 Å². The molecule has 11 heavy (non-hydrogen) atoms. The second kappa shape index (κ2) is 6.12. The first-order valence-electron chi connectivity index (χ1n) is 3.74. The van der Waals surface area contributed by atoms with E-state index in [4.69, 9.17) is 10.5 Å². The van der Waals surface area contributed by atoms with Crippen LogP contribution in [0.25, 0.3) is 0 Å². The van der Waals surface area contributed by atoms with Crippen molar-refractivity contribution in [3.63, 3.8) is 0 Å². The van der Waals surface area contributed by atoms with Gasteiger partial charge in [-0.1, -0.05) is 0 Å². The minimum absolute atomic E-state index is 0.000880. The van der Waals surface area contributed by atoms with Crippen LogP contribution in [-0.2, 0) is 9.53 Å². The second-order valence-electron chi connectivity index (χ2n) is 2.25. The van der Waals surface area contributed by atoms with Crippen LogP contribution in [0.4, 0.5) is 0 Å². The van der Waals surface area contributed by atoms with Crippen molar-refractivity contribution in [3.8, 4) is 0 Å². The van der Waals surface area contributed by atoms with Crippen molar-refractivity contribution >= 4 is 5.91 Å². The zero-order valence-corrected chi connectivity index (χ0v) is 7.17. The van der Waals surface area contributed by atoms with E-state index in [2.05, 4.69) is 0 Å². The second-order valence-corrected chi connectivity index (χ2v) is 2.25. The first-order chi connectivity index (χ1) is 5.22. The van der Waals surface area contributed by atoms with Gasteiger partial charge in [0.15, 0.2) is 0 Å². The Morgan fingerprint density at radius 3 is 2.73 bits per heavy atom. The quantitative estimate of drug-likeness (QED) is 0.548. The number of likely N-dealkylation sites (N-methyl/N-ethyl adjacent to an activating group) is 1. The van der Waals surface area contributed by atoms with E-state index in [9.17, 15) is 4.79 Å². The molecule has 0 saturated carbocycles.